The SMILES string of the molecule is CC(C)Cc1ncc2c(n1)CN(C(=O)C[C@H]1NC(=O)c3ccccc31)C2. The molecule has 0 saturated carbocycles. The van der Waals surface area contributed by atoms with Gasteiger partial charge in [0.25, 0.3) is 5.91 Å². The number of hydrogen-bond acceptors (Lipinski definition) is 4. The number of hydrogen-bond donors (Lipinski definition) is 1. The molecule has 0 bridgehead atoms. The molecule has 6 nitrogen and oxygen atoms in total. The van der Waals surface area contributed by atoms with Crippen molar-refractivity contribution in [3.8, 4) is 0 Å². The minimum atomic E-state index is -0.252. The van der Waals surface area contributed by atoms with Gasteiger partial charge in [-0.15, -0.1) is 0 Å². The van der Waals surface area contributed by atoms with E-state index in [0.717, 1.165) is 29.1 Å². The molecule has 3 heterocycles. The first-order chi connectivity index (χ1) is 12.5. The van der Waals surface area contributed by atoms with Crippen LogP contribution in [-0.2, 0) is 24.3 Å². The summed E-state index contributed by atoms with van der Waals surface area (Å²) in [6.45, 7) is 5.34. The predicted molar refractivity (Wildman–Crippen MR) is 96.1 cm³/mol. The summed E-state index contributed by atoms with van der Waals surface area (Å²) in [5, 5.41) is 2.91. The molecule has 0 fully saturated rings. The Kier molecular flexibility index (Phi) is 4.18. The van der Waals surface area contributed by atoms with Crippen molar-refractivity contribution in [3.63, 3.8) is 0 Å². The van der Waals surface area contributed by atoms with Crippen LogP contribution in [0.5, 0.6) is 0 Å². The van der Waals surface area contributed by atoms with E-state index < -0.39 is 0 Å². The van der Waals surface area contributed by atoms with Crippen molar-refractivity contribution in [2.45, 2.75) is 45.8 Å². The zero-order valence-electron chi connectivity index (χ0n) is 15.0. The number of amides is 2. The lowest BCUT2D eigenvalue weighted by molar-refractivity contribution is -0.132. The molecule has 2 amide bonds. The summed E-state index contributed by atoms with van der Waals surface area (Å²) in [6, 6.07) is 7.19. The number of nitrogens with zero attached hydrogens (tertiary/aromatic N) is 3. The van der Waals surface area contributed by atoms with Crippen LogP contribution in [0.1, 0.15) is 59.3 Å². The molecule has 1 atom stereocenters. The van der Waals surface area contributed by atoms with Crippen LogP contribution < -0.4 is 5.32 Å². The smallest absolute Gasteiger partial charge is 0.252 e. The van der Waals surface area contributed by atoms with Crippen molar-refractivity contribution in [1.82, 2.24) is 20.2 Å². The second kappa shape index (κ2) is 6.52. The van der Waals surface area contributed by atoms with Gasteiger partial charge in [0.15, 0.2) is 0 Å². The monoisotopic (exact) mass is 350 g/mol. The van der Waals surface area contributed by atoms with E-state index in [4.69, 9.17) is 0 Å². The quantitative estimate of drug-likeness (QED) is 0.919. The molecule has 1 N–H and O–H groups in total. The summed E-state index contributed by atoms with van der Waals surface area (Å²) in [7, 11) is 0. The molecule has 1 aromatic heterocycles. The molecule has 0 aliphatic carbocycles. The van der Waals surface area contributed by atoms with Crippen molar-refractivity contribution in [3.05, 3.63) is 58.7 Å². The lowest BCUT2D eigenvalue weighted by Crippen LogP contribution is -2.30. The van der Waals surface area contributed by atoms with Crippen LogP contribution in [0.2, 0.25) is 0 Å². The Balaban J connectivity index is 1.45. The average Bonchev–Trinajstić information content (AvgIpc) is 3.16. The summed E-state index contributed by atoms with van der Waals surface area (Å²) in [4.78, 5) is 35.7. The van der Waals surface area contributed by atoms with E-state index in [1.54, 1.807) is 11.0 Å². The van der Waals surface area contributed by atoms with E-state index in [9.17, 15) is 9.59 Å². The van der Waals surface area contributed by atoms with Crippen molar-refractivity contribution in [1.29, 1.82) is 0 Å². The first-order valence-electron chi connectivity index (χ1n) is 9.02. The normalized spacial score (nSPS) is 18.0. The second-order valence-electron chi connectivity index (χ2n) is 7.42. The van der Waals surface area contributed by atoms with Gasteiger partial charge in [-0.1, -0.05) is 32.0 Å². The van der Waals surface area contributed by atoms with Gasteiger partial charge in [0.1, 0.15) is 5.82 Å². The van der Waals surface area contributed by atoms with E-state index in [2.05, 4.69) is 29.1 Å². The minimum Gasteiger partial charge on any atom is -0.345 e. The molecule has 26 heavy (non-hydrogen) atoms. The Hall–Kier alpha value is -2.76. The highest BCUT2D eigenvalue weighted by Crippen LogP contribution is 2.29. The number of carbonyl (C=O) groups excluding carboxylic acids is 2. The Morgan fingerprint density at radius 2 is 2.12 bits per heavy atom. The fourth-order valence-corrected chi connectivity index (χ4v) is 3.62. The van der Waals surface area contributed by atoms with Gasteiger partial charge in [0, 0.05) is 30.3 Å². The molecule has 134 valence electrons. The van der Waals surface area contributed by atoms with Gasteiger partial charge in [-0.25, -0.2) is 9.97 Å². The lowest BCUT2D eigenvalue weighted by atomic mass is 10.0. The second-order valence-corrected chi connectivity index (χ2v) is 7.42. The standard InChI is InChI=1S/C20H22N4O2/c1-12(2)7-18-21-9-13-10-24(11-17(13)22-18)19(25)8-16-14-5-3-4-6-15(14)20(26)23-16/h3-6,9,12,16H,7-8,10-11H2,1-2H3,(H,23,26)/t16-/m1/s1. The molecule has 6 heteroatoms. The number of nitrogens with one attached hydrogen (secondary N) is 1. The van der Waals surface area contributed by atoms with Gasteiger partial charge >= 0.3 is 0 Å². The summed E-state index contributed by atoms with van der Waals surface area (Å²) in [6.07, 6.45) is 2.95. The zero-order valence-corrected chi connectivity index (χ0v) is 15.0. The van der Waals surface area contributed by atoms with Gasteiger partial charge in [0.05, 0.1) is 24.7 Å². The lowest BCUT2D eigenvalue weighted by Gasteiger charge is -2.18. The third-order valence-electron chi connectivity index (χ3n) is 4.91. The molecule has 2 aromatic rings. The van der Waals surface area contributed by atoms with E-state index in [1.165, 1.54) is 0 Å². The number of carbonyl (C=O) groups is 2. The van der Waals surface area contributed by atoms with Crippen LogP contribution in [0.25, 0.3) is 0 Å². The Morgan fingerprint density at radius 1 is 1.31 bits per heavy atom. The van der Waals surface area contributed by atoms with Crippen molar-refractivity contribution in [2.75, 3.05) is 0 Å². The summed E-state index contributed by atoms with van der Waals surface area (Å²) < 4.78 is 0. The molecule has 0 spiro atoms. The van der Waals surface area contributed by atoms with Gasteiger partial charge in [-0.05, 0) is 17.5 Å². The maximum Gasteiger partial charge on any atom is 0.252 e. The largest absolute Gasteiger partial charge is 0.345 e. The molecule has 1 aromatic carbocycles. The maximum absolute atomic E-state index is 12.8. The zero-order chi connectivity index (χ0) is 18.3. The van der Waals surface area contributed by atoms with Crippen LogP contribution in [0.4, 0.5) is 0 Å². The molecule has 0 unspecified atom stereocenters. The fraction of sp³-hybridized carbons (Fsp3) is 0.400. The van der Waals surface area contributed by atoms with Gasteiger partial charge in [-0.3, -0.25) is 9.59 Å². The van der Waals surface area contributed by atoms with Gasteiger partial charge in [0.2, 0.25) is 5.91 Å². The predicted octanol–water partition coefficient (Wildman–Crippen LogP) is 2.39. The van der Waals surface area contributed by atoms with E-state index in [-0.39, 0.29) is 24.3 Å². The van der Waals surface area contributed by atoms with Gasteiger partial charge < -0.3 is 10.2 Å². The summed E-state index contributed by atoms with van der Waals surface area (Å²) in [5.41, 5.74) is 3.53. The Labute approximate surface area is 152 Å². The van der Waals surface area contributed by atoms with Gasteiger partial charge in [-0.2, -0.15) is 0 Å². The van der Waals surface area contributed by atoms with Crippen LogP contribution in [-0.4, -0.2) is 26.7 Å². The van der Waals surface area contributed by atoms with Crippen molar-refractivity contribution >= 4 is 11.8 Å². The van der Waals surface area contributed by atoms with E-state index in [1.807, 2.05) is 24.4 Å². The molecule has 0 saturated heterocycles. The van der Waals surface area contributed by atoms with Crippen LogP contribution >= 0.6 is 0 Å². The van der Waals surface area contributed by atoms with Crippen molar-refractivity contribution < 1.29 is 9.59 Å². The fourth-order valence-electron chi connectivity index (χ4n) is 3.62. The number of benzene rings is 1. The third-order valence-corrected chi connectivity index (χ3v) is 4.91. The first kappa shape index (κ1) is 16.7. The maximum atomic E-state index is 12.8. The van der Waals surface area contributed by atoms with Crippen LogP contribution in [0, 0.1) is 5.92 Å². The number of aromatic nitrogens is 2. The molecule has 4 rings (SSSR count). The third kappa shape index (κ3) is 3.07. The highest BCUT2D eigenvalue weighted by molar-refractivity contribution is 5.99. The van der Waals surface area contributed by atoms with E-state index in [0.29, 0.717) is 24.6 Å². The van der Waals surface area contributed by atoms with Crippen LogP contribution in [0.3, 0.4) is 0 Å². The average molecular weight is 350 g/mol. The number of rotatable bonds is 4. The molecular formula is C20H22N4O2. The molecule has 0 radical (unpaired) electrons. The minimum absolute atomic E-state index is 0.0235. The highest BCUT2D eigenvalue weighted by atomic mass is 16.2. The Morgan fingerprint density at radius 3 is 2.92 bits per heavy atom. The van der Waals surface area contributed by atoms with Crippen molar-refractivity contribution in [2.24, 2.45) is 5.92 Å². The molecule has 2 aliphatic heterocycles. The molecular weight excluding hydrogens is 328 g/mol. The summed E-state index contributed by atoms with van der Waals surface area (Å²) >= 11 is 0. The number of fused-ring (bicyclic) bond motifs is 2. The van der Waals surface area contributed by atoms with E-state index >= 15 is 0 Å². The van der Waals surface area contributed by atoms with Crippen LogP contribution in [0.15, 0.2) is 30.5 Å². The highest BCUT2D eigenvalue weighted by Gasteiger charge is 2.32. The topological polar surface area (TPSA) is 75.2 Å². The first-order valence-corrected chi connectivity index (χ1v) is 9.02. The molecule has 2 aliphatic rings. The summed E-state index contributed by atoms with van der Waals surface area (Å²) in [5.74, 6) is 1.26. The Bertz CT molecular complexity index is 878.